The average Bonchev–Trinajstić information content (AvgIpc) is 2.51. The van der Waals surface area contributed by atoms with E-state index in [0.29, 0.717) is 4.08 Å². The number of rotatable bonds is 2. The van der Waals surface area contributed by atoms with Crippen LogP contribution in [0.1, 0.15) is 39.0 Å². The van der Waals surface area contributed by atoms with Crippen LogP contribution in [0, 0.1) is 0 Å². The van der Waals surface area contributed by atoms with Crippen molar-refractivity contribution in [2.24, 2.45) is 0 Å². The molecule has 0 bridgehead atoms. The second kappa shape index (κ2) is 4.71. The lowest BCUT2D eigenvalue weighted by molar-refractivity contribution is 0.493. The van der Waals surface area contributed by atoms with Crippen molar-refractivity contribution in [1.29, 1.82) is 0 Å². The van der Waals surface area contributed by atoms with Gasteiger partial charge in [0, 0.05) is 5.75 Å². The Morgan fingerprint density at radius 2 is 2.08 bits per heavy atom. The molecule has 3 heteroatoms. The van der Waals surface area contributed by atoms with Crippen molar-refractivity contribution in [2.75, 3.05) is 11.5 Å². The van der Waals surface area contributed by atoms with Crippen molar-refractivity contribution in [3.8, 4) is 0 Å². The first-order chi connectivity index (χ1) is 6.35. The molecule has 76 valence electrons. The van der Waals surface area contributed by atoms with Crippen molar-refractivity contribution in [3.63, 3.8) is 0 Å². The first-order valence-corrected chi connectivity index (χ1v) is 8.19. The summed E-state index contributed by atoms with van der Waals surface area (Å²) in [5.74, 6) is 2.68. The van der Waals surface area contributed by atoms with E-state index in [1.165, 1.54) is 43.6 Å². The fourth-order valence-electron chi connectivity index (χ4n) is 2.15. The van der Waals surface area contributed by atoms with Gasteiger partial charge in [-0.25, -0.2) is 0 Å². The van der Waals surface area contributed by atoms with Gasteiger partial charge in [0.2, 0.25) is 0 Å². The molecular weight excluding hydrogens is 216 g/mol. The van der Waals surface area contributed by atoms with Crippen molar-refractivity contribution in [1.82, 2.24) is 0 Å². The van der Waals surface area contributed by atoms with Crippen LogP contribution in [0.5, 0.6) is 0 Å². The highest BCUT2D eigenvalue weighted by Crippen LogP contribution is 2.57. The summed E-state index contributed by atoms with van der Waals surface area (Å²) in [6, 6.07) is 0. The van der Waals surface area contributed by atoms with Crippen LogP contribution in [-0.2, 0) is 0 Å². The predicted molar refractivity (Wildman–Crippen MR) is 67.8 cm³/mol. The maximum atomic E-state index is 2.28. The van der Waals surface area contributed by atoms with Crippen molar-refractivity contribution < 1.29 is 0 Å². The van der Waals surface area contributed by atoms with Gasteiger partial charge in [0.1, 0.15) is 0 Å². The molecule has 1 heterocycles. The largest absolute Gasteiger partial charge is 0.147 e. The Bertz CT molecular complexity index is 164. The number of thioether (sulfide) groups is 3. The fourth-order valence-corrected chi connectivity index (χ4v) is 7.85. The number of hydrogen-bond acceptors (Lipinski definition) is 3. The van der Waals surface area contributed by atoms with Gasteiger partial charge in [-0.15, -0.1) is 35.3 Å². The quantitative estimate of drug-likeness (QED) is 0.702. The van der Waals surface area contributed by atoms with Crippen molar-refractivity contribution in [3.05, 3.63) is 0 Å². The van der Waals surface area contributed by atoms with Gasteiger partial charge < -0.3 is 0 Å². The van der Waals surface area contributed by atoms with Gasteiger partial charge in [0.05, 0.1) is 8.66 Å². The minimum Gasteiger partial charge on any atom is -0.147 e. The molecule has 1 saturated heterocycles. The highest BCUT2D eigenvalue weighted by Gasteiger charge is 2.41. The molecule has 1 unspecified atom stereocenters. The highest BCUT2D eigenvalue weighted by molar-refractivity contribution is 8.28. The van der Waals surface area contributed by atoms with E-state index >= 15 is 0 Å². The first kappa shape index (κ1) is 10.6. The molecule has 1 spiro atoms. The molecule has 0 aromatic heterocycles. The van der Waals surface area contributed by atoms with E-state index in [4.69, 9.17) is 0 Å². The van der Waals surface area contributed by atoms with E-state index in [1.54, 1.807) is 0 Å². The van der Waals surface area contributed by atoms with Crippen LogP contribution in [0.2, 0.25) is 0 Å². The topological polar surface area (TPSA) is 0 Å². The molecule has 0 amide bonds. The molecule has 13 heavy (non-hydrogen) atoms. The van der Waals surface area contributed by atoms with Crippen molar-refractivity contribution in [2.45, 2.75) is 47.7 Å². The van der Waals surface area contributed by atoms with Gasteiger partial charge in [-0.3, -0.25) is 0 Å². The molecule has 1 aliphatic carbocycles. The number of hydrogen-bond donors (Lipinski definition) is 0. The lowest BCUT2D eigenvalue weighted by atomic mass is 10.00. The van der Waals surface area contributed by atoms with Gasteiger partial charge in [-0.05, 0) is 18.6 Å². The van der Waals surface area contributed by atoms with Gasteiger partial charge in [0.15, 0.2) is 0 Å². The van der Waals surface area contributed by atoms with Gasteiger partial charge in [0.25, 0.3) is 0 Å². The Hall–Kier alpha value is 1.05. The lowest BCUT2D eigenvalue weighted by Gasteiger charge is -2.31. The normalized spacial score (nSPS) is 32.5. The minimum absolute atomic E-state index is 0.658. The van der Waals surface area contributed by atoms with Crippen LogP contribution in [0.3, 0.4) is 0 Å². The molecule has 0 aromatic rings. The molecule has 1 aliphatic heterocycles. The monoisotopic (exact) mass is 234 g/mol. The van der Waals surface area contributed by atoms with Crippen LogP contribution in [0.4, 0.5) is 0 Å². The minimum atomic E-state index is 0.658. The average molecular weight is 234 g/mol. The fraction of sp³-hybridized carbons (Fsp3) is 1.00. The Morgan fingerprint density at radius 3 is 2.77 bits per heavy atom. The van der Waals surface area contributed by atoms with E-state index in [9.17, 15) is 0 Å². The zero-order valence-corrected chi connectivity index (χ0v) is 10.7. The molecule has 0 radical (unpaired) electrons. The summed E-state index contributed by atoms with van der Waals surface area (Å²) in [4.78, 5) is 0. The second-order valence-corrected chi connectivity index (χ2v) is 8.81. The molecule has 1 atom stereocenters. The first-order valence-electron chi connectivity index (χ1n) is 5.28. The summed E-state index contributed by atoms with van der Waals surface area (Å²) in [7, 11) is 0. The molecule has 2 fully saturated rings. The van der Waals surface area contributed by atoms with Crippen LogP contribution in [-0.4, -0.2) is 20.2 Å². The Labute approximate surface area is 94.4 Å². The molecule has 2 rings (SSSR count). The van der Waals surface area contributed by atoms with Gasteiger partial charge in [-0.2, -0.15) is 0 Å². The standard InChI is InChI=1S/C10H18S3/c1-2-11-9-8-12-10(13-9)6-4-3-5-7-10/h9H,2-8H2,1H3. The second-order valence-electron chi connectivity index (χ2n) is 3.79. The van der Waals surface area contributed by atoms with Gasteiger partial charge >= 0.3 is 0 Å². The molecule has 2 aliphatic rings. The van der Waals surface area contributed by atoms with E-state index < -0.39 is 0 Å². The van der Waals surface area contributed by atoms with Crippen molar-refractivity contribution >= 4 is 35.3 Å². The Kier molecular flexibility index (Phi) is 3.83. The lowest BCUT2D eigenvalue weighted by Crippen LogP contribution is -2.20. The molecule has 0 N–H and O–H groups in total. The summed E-state index contributed by atoms with van der Waals surface area (Å²) in [5, 5.41) is 0. The van der Waals surface area contributed by atoms with E-state index in [2.05, 4.69) is 42.2 Å². The highest BCUT2D eigenvalue weighted by atomic mass is 32.2. The smallest absolute Gasteiger partial charge is 0.0623 e. The summed E-state index contributed by atoms with van der Waals surface area (Å²) in [6.45, 7) is 2.28. The summed E-state index contributed by atoms with van der Waals surface area (Å²) in [5.41, 5.74) is 0. The Balaban J connectivity index is 1.87. The van der Waals surface area contributed by atoms with Crippen LogP contribution in [0.15, 0.2) is 0 Å². The third-order valence-electron chi connectivity index (χ3n) is 2.80. The summed E-state index contributed by atoms with van der Waals surface area (Å²) >= 11 is 6.69. The van der Waals surface area contributed by atoms with Gasteiger partial charge in [-0.1, -0.05) is 26.2 Å². The molecule has 1 saturated carbocycles. The zero-order valence-electron chi connectivity index (χ0n) is 8.25. The van der Waals surface area contributed by atoms with E-state index in [-0.39, 0.29) is 0 Å². The summed E-state index contributed by atoms with van der Waals surface area (Å²) in [6.07, 6.45) is 7.38. The Morgan fingerprint density at radius 1 is 1.31 bits per heavy atom. The third-order valence-corrected chi connectivity index (χ3v) is 8.13. The van der Waals surface area contributed by atoms with E-state index in [1.807, 2.05) is 0 Å². The SMILES string of the molecule is CCSC1CSC2(CCCCC2)S1. The summed E-state index contributed by atoms with van der Waals surface area (Å²) < 4.78 is 1.55. The maximum absolute atomic E-state index is 2.28. The predicted octanol–water partition coefficient (Wildman–Crippen LogP) is 4.21. The maximum Gasteiger partial charge on any atom is 0.0623 e. The molecule has 0 nitrogen and oxygen atoms in total. The molecule has 0 aromatic carbocycles. The van der Waals surface area contributed by atoms with E-state index in [0.717, 1.165) is 4.58 Å². The molecular formula is C10H18S3. The van der Waals surface area contributed by atoms with Crippen LogP contribution < -0.4 is 0 Å². The third kappa shape index (κ3) is 2.54. The van der Waals surface area contributed by atoms with Crippen LogP contribution >= 0.6 is 35.3 Å². The van der Waals surface area contributed by atoms with Crippen LogP contribution in [0.25, 0.3) is 0 Å². The zero-order chi connectivity index (χ0) is 9.15.